The summed E-state index contributed by atoms with van der Waals surface area (Å²) in [6.07, 6.45) is 0. The first-order valence-corrected chi connectivity index (χ1v) is 6.22. The summed E-state index contributed by atoms with van der Waals surface area (Å²) < 4.78 is 15.1. The van der Waals surface area contributed by atoms with Gasteiger partial charge in [0.15, 0.2) is 5.58 Å². The highest BCUT2D eigenvalue weighted by Crippen LogP contribution is 2.23. The van der Waals surface area contributed by atoms with Crippen molar-refractivity contribution in [2.75, 3.05) is 13.7 Å². The van der Waals surface area contributed by atoms with Gasteiger partial charge in [-0.1, -0.05) is 0 Å². The molecule has 0 N–H and O–H groups in total. The van der Waals surface area contributed by atoms with Crippen LogP contribution >= 0.6 is 0 Å². The SMILES string of the molecule is CCOC(=O)C(C)c1nc2cc(C(=O)OC)ccc2o1. The molecule has 1 unspecified atom stereocenters. The number of rotatable bonds is 4. The molecule has 1 aromatic heterocycles. The maximum Gasteiger partial charge on any atom is 0.337 e. The highest BCUT2D eigenvalue weighted by molar-refractivity contribution is 5.93. The van der Waals surface area contributed by atoms with Crippen molar-refractivity contribution in [3.05, 3.63) is 29.7 Å². The van der Waals surface area contributed by atoms with E-state index in [1.54, 1.807) is 32.0 Å². The molecule has 0 spiro atoms. The van der Waals surface area contributed by atoms with Gasteiger partial charge >= 0.3 is 11.9 Å². The van der Waals surface area contributed by atoms with Gasteiger partial charge < -0.3 is 13.9 Å². The van der Waals surface area contributed by atoms with E-state index in [1.807, 2.05) is 0 Å². The van der Waals surface area contributed by atoms with Crippen molar-refractivity contribution in [3.8, 4) is 0 Å². The van der Waals surface area contributed by atoms with E-state index in [4.69, 9.17) is 9.15 Å². The molecule has 0 aliphatic heterocycles. The Labute approximate surface area is 115 Å². The van der Waals surface area contributed by atoms with Crippen LogP contribution < -0.4 is 0 Å². The van der Waals surface area contributed by atoms with E-state index in [-0.39, 0.29) is 5.89 Å². The maximum absolute atomic E-state index is 11.6. The molecule has 6 nitrogen and oxygen atoms in total. The molecule has 1 aromatic carbocycles. The Bertz CT molecular complexity index is 646. The van der Waals surface area contributed by atoms with Crippen LogP contribution in [0.15, 0.2) is 22.6 Å². The van der Waals surface area contributed by atoms with Crippen molar-refractivity contribution in [2.45, 2.75) is 19.8 Å². The fraction of sp³-hybridized carbons (Fsp3) is 0.357. The second-order valence-corrected chi connectivity index (χ2v) is 4.20. The van der Waals surface area contributed by atoms with Crippen molar-refractivity contribution >= 4 is 23.0 Å². The number of carbonyl (C=O) groups is 2. The summed E-state index contributed by atoms with van der Waals surface area (Å²) in [5, 5.41) is 0. The average molecular weight is 277 g/mol. The second kappa shape index (κ2) is 5.73. The summed E-state index contributed by atoms with van der Waals surface area (Å²) in [5.41, 5.74) is 1.38. The Morgan fingerprint density at radius 1 is 1.40 bits per heavy atom. The molecule has 0 bridgehead atoms. The van der Waals surface area contributed by atoms with Gasteiger partial charge in [0.1, 0.15) is 11.4 Å². The number of hydrogen-bond donors (Lipinski definition) is 0. The Morgan fingerprint density at radius 3 is 2.80 bits per heavy atom. The molecule has 0 saturated carbocycles. The molecule has 2 rings (SSSR count). The van der Waals surface area contributed by atoms with E-state index in [1.165, 1.54) is 7.11 Å². The number of benzene rings is 1. The topological polar surface area (TPSA) is 78.6 Å². The van der Waals surface area contributed by atoms with Crippen LogP contribution in [0, 0.1) is 0 Å². The van der Waals surface area contributed by atoms with E-state index in [2.05, 4.69) is 9.72 Å². The number of carbonyl (C=O) groups excluding carboxylic acids is 2. The number of oxazole rings is 1. The first-order valence-electron chi connectivity index (χ1n) is 6.22. The minimum absolute atomic E-state index is 0.264. The standard InChI is InChI=1S/C14H15NO5/c1-4-19-13(16)8(2)12-15-10-7-9(14(17)18-3)5-6-11(10)20-12/h5-8H,4H2,1-3H3. The van der Waals surface area contributed by atoms with Crippen LogP contribution in [0.1, 0.15) is 36.0 Å². The van der Waals surface area contributed by atoms with E-state index in [0.29, 0.717) is 23.3 Å². The molecule has 0 saturated heterocycles. The van der Waals surface area contributed by atoms with Crippen LogP contribution in [0.25, 0.3) is 11.1 Å². The van der Waals surface area contributed by atoms with Gasteiger partial charge in [-0.15, -0.1) is 0 Å². The lowest BCUT2D eigenvalue weighted by molar-refractivity contribution is -0.145. The number of ether oxygens (including phenoxy) is 2. The Hall–Kier alpha value is -2.37. The van der Waals surface area contributed by atoms with E-state index in [9.17, 15) is 9.59 Å². The largest absolute Gasteiger partial charge is 0.465 e. The normalized spacial score (nSPS) is 12.2. The van der Waals surface area contributed by atoms with Gasteiger partial charge in [-0.05, 0) is 32.0 Å². The van der Waals surface area contributed by atoms with Crippen molar-refractivity contribution in [1.29, 1.82) is 0 Å². The van der Waals surface area contributed by atoms with E-state index < -0.39 is 17.9 Å². The second-order valence-electron chi connectivity index (χ2n) is 4.20. The summed E-state index contributed by atoms with van der Waals surface area (Å²) in [4.78, 5) is 27.3. The molecule has 0 amide bonds. The molecule has 0 aliphatic rings. The zero-order valence-corrected chi connectivity index (χ0v) is 11.5. The molecule has 106 valence electrons. The van der Waals surface area contributed by atoms with E-state index in [0.717, 1.165) is 0 Å². The lowest BCUT2D eigenvalue weighted by Gasteiger charge is -2.05. The lowest BCUT2D eigenvalue weighted by Crippen LogP contribution is -2.13. The van der Waals surface area contributed by atoms with Gasteiger partial charge in [-0.3, -0.25) is 4.79 Å². The molecule has 0 aliphatic carbocycles. The number of fused-ring (bicyclic) bond motifs is 1. The molecule has 6 heteroatoms. The van der Waals surface area contributed by atoms with Crippen LogP contribution in [-0.4, -0.2) is 30.6 Å². The smallest absolute Gasteiger partial charge is 0.337 e. The third kappa shape index (κ3) is 2.64. The minimum atomic E-state index is -0.594. The van der Waals surface area contributed by atoms with Gasteiger partial charge in [0.05, 0.1) is 19.3 Å². The Kier molecular flexibility index (Phi) is 4.02. The molecule has 0 radical (unpaired) electrons. The zero-order valence-electron chi connectivity index (χ0n) is 11.5. The third-order valence-electron chi connectivity index (χ3n) is 2.84. The highest BCUT2D eigenvalue weighted by Gasteiger charge is 2.22. The molecule has 0 fully saturated rings. The predicted molar refractivity (Wildman–Crippen MR) is 70.4 cm³/mol. The van der Waals surface area contributed by atoms with Crippen molar-refractivity contribution in [3.63, 3.8) is 0 Å². The number of esters is 2. The highest BCUT2D eigenvalue weighted by atomic mass is 16.5. The van der Waals surface area contributed by atoms with Gasteiger partial charge in [-0.25, -0.2) is 9.78 Å². The monoisotopic (exact) mass is 277 g/mol. The summed E-state index contributed by atoms with van der Waals surface area (Å²) in [6.45, 7) is 3.69. The fourth-order valence-electron chi connectivity index (χ4n) is 1.74. The first-order chi connectivity index (χ1) is 9.56. The molecule has 1 atom stereocenters. The Morgan fingerprint density at radius 2 is 2.15 bits per heavy atom. The summed E-state index contributed by atoms with van der Waals surface area (Å²) >= 11 is 0. The Balaban J connectivity index is 2.34. The first kappa shape index (κ1) is 14.0. The molecular weight excluding hydrogens is 262 g/mol. The summed E-state index contributed by atoms with van der Waals surface area (Å²) in [7, 11) is 1.31. The van der Waals surface area contributed by atoms with Crippen molar-refractivity contribution < 1.29 is 23.5 Å². The molecule has 20 heavy (non-hydrogen) atoms. The molecule has 1 heterocycles. The quantitative estimate of drug-likeness (QED) is 0.798. The van der Waals surface area contributed by atoms with Gasteiger partial charge in [-0.2, -0.15) is 0 Å². The average Bonchev–Trinajstić information content (AvgIpc) is 2.88. The zero-order chi connectivity index (χ0) is 14.7. The third-order valence-corrected chi connectivity index (χ3v) is 2.84. The van der Waals surface area contributed by atoms with Crippen LogP contribution in [-0.2, 0) is 14.3 Å². The van der Waals surface area contributed by atoms with E-state index >= 15 is 0 Å². The summed E-state index contributed by atoms with van der Waals surface area (Å²) in [6, 6.07) is 4.76. The minimum Gasteiger partial charge on any atom is -0.465 e. The van der Waals surface area contributed by atoms with Gasteiger partial charge in [0.2, 0.25) is 5.89 Å². The number of aromatic nitrogens is 1. The van der Waals surface area contributed by atoms with Gasteiger partial charge in [0, 0.05) is 0 Å². The molecular formula is C14H15NO5. The maximum atomic E-state index is 11.6. The molecule has 2 aromatic rings. The predicted octanol–water partition coefficient (Wildman–Crippen LogP) is 2.28. The van der Waals surface area contributed by atoms with Gasteiger partial charge in [0.25, 0.3) is 0 Å². The van der Waals surface area contributed by atoms with Crippen LogP contribution in [0.2, 0.25) is 0 Å². The lowest BCUT2D eigenvalue weighted by atomic mass is 10.2. The van der Waals surface area contributed by atoms with Crippen molar-refractivity contribution in [1.82, 2.24) is 4.98 Å². The van der Waals surface area contributed by atoms with Crippen molar-refractivity contribution in [2.24, 2.45) is 0 Å². The van der Waals surface area contributed by atoms with Crippen LogP contribution in [0.3, 0.4) is 0 Å². The number of methoxy groups -OCH3 is 1. The summed E-state index contributed by atoms with van der Waals surface area (Å²) in [5.74, 6) is -1.17. The number of nitrogens with zero attached hydrogens (tertiary/aromatic N) is 1. The van der Waals surface area contributed by atoms with Crippen LogP contribution in [0.5, 0.6) is 0 Å². The number of hydrogen-bond acceptors (Lipinski definition) is 6. The van der Waals surface area contributed by atoms with Crippen LogP contribution in [0.4, 0.5) is 0 Å². The fourth-order valence-corrected chi connectivity index (χ4v) is 1.74.